The summed E-state index contributed by atoms with van der Waals surface area (Å²) in [6.45, 7) is 7.89. The maximum atomic E-state index is 5.60. The molecule has 0 atom stereocenters. The van der Waals surface area contributed by atoms with Gasteiger partial charge in [0.15, 0.2) is 0 Å². The van der Waals surface area contributed by atoms with Gasteiger partial charge >= 0.3 is 0 Å². The lowest BCUT2D eigenvalue weighted by Gasteiger charge is -1.99. The lowest BCUT2D eigenvalue weighted by molar-refractivity contribution is 1.50. The van der Waals surface area contributed by atoms with E-state index < -0.39 is 0 Å². The minimum absolute atomic E-state index is 0.804. The first kappa shape index (κ1) is 12.3. The van der Waals surface area contributed by atoms with E-state index in [4.69, 9.17) is 5.73 Å². The van der Waals surface area contributed by atoms with Crippen molar-refractivity contribution in [1.82, 2.24) is 0 Å². The van der Waals surface area contributed by atoms with Gasteiger partial charge in [-0.25, -0.2) is 0 Å². The fourth-order valence-corrected chi connectivity index (χ4v) is 3.10. The molecule has 0 fully saturated rings. The molecule has 0 bridgehead atoms. The molecule has 1 aromatic rings. The third-order valence-corrected chi connectivity index (χ3v) is 4.11. The Morgan fingerprint density at radius 2 is 1.67 bits per heavy atom. The molecule has 0 spiro atoms. The average molecular weight is 237 g/mol. The molecule has 0 saturated carbocycles. The molecule has 0 saturated heterocycles. The summed E-state index contributed by atoms with van der Waals surface area (Å²) in [6, 6.07) is 7.91. The van der Waals surface area contributed by atoms with Gasteiger partial charge in [0.1, 0.15) is 0 Å². The van der Waals surface area contributed by atoms with E-state index in [1.807, 2.05) is 38.1 Å². The third kappa shape index (κ3) is 3.36. The number of benzene rings is 1. The quantitative estimate of drug-likeness (QED) is 0.573. The Morgan fingerprint density at radius 1 is 1.07 bits per heavy atom. The molecule has 0 aromatic heterocycles. The minimum Gasteiger partial charge on any atom is -0.399 e. The van der Waals surface area contributed by atoms with Gasteiger partial charge in [-0.3, -0.25) is 0 Å². The van der Waals surface area contributed by atoms with Crippen LogP contribution in [0.1, 0.15) is 19.4 Å². The summed E-state index contributed by atoms with van der Waals surface area (Å²) < 4.78 is 0. The summed E-state index contributed by atoms with van der Waals surface area (Å²) in [5.74, 6) is 0. The number of nitrogen functional groups attached to an aromatic ring is 1. The molecule has 0 amide bonds. The SMILES string of the molecule is C=C1C=C(c2ccc(N)cc2)SS1.CC. The molecule has 15 heavy (non-hydrogen) atoms. The number of anilines is 1. The molecule has 1 nitrogen and oxygen atoms in total. The Morgan fingerprint density at radius 3 is 2.13 bits per heavy atom. The van der Waals surface area contributed by atoms with Crippen LogP contribution in [0.5, 0.6) is 0 Å². The van der Waals surface area contributed by atoms with Crippen molar-refractivity contribution in [2.75, 3.05) is 5.73 Å². The standard InChI is InChI=1S/C10H9NS2.C2H6/c1-7-6-10(13-12-7)8-2-4-9(11)5-3-8;1-2/h2-6H,1,11H2;1-2H3. The second-order valence-corrected chi connectivity index (χ2v) is 5.06. The highest BCUT2D eigenvalue weighted by atomic mass is 33.1. The van der Waals surface area contributed by atoms with Crippen molar-refractivity contribution in [1.29, 1.82) is 0 Å². The number of rotatable bonds is 1. The van der Waals surface area contributed by atoms with Crippen molar-refractivity contribution in [2.24, 2.45) is 0 Å². The van der Waals surface area contributed by atoms with Gasteiger partial charge in [-0.15, -0.1) is 0 Å². The maximum Gasteiger partial charge on any atom is 0.0314 e. The van der Waals surface area contributed by atoms with Crippen LogP contribution in [-0.4, -0.2) is 0 Å². The summed E-state index contributed by atoms with van der Waals surface area (Å²) in [5.41, 5.74) is 7.62. The summed E-state index contributed by atoms with van der Waals surface area (Å²) in [7, 11) is 3.45. The van der Waals surface area contributed by atoms with Gasteiger partial charge in [0, 0.05) is 15.5 Å². The smallest absolute Gasteiger partial charge is 0.0314 e. The van der Waals surface area contributed by atoms with E-state index in [1.54, 1.807) is 21.6 Å². The van der Waals surface area contributed by atoms with E-state index in [0.29, 0.717) is 0 Å². The summed E-state index contributed by atoms with van der Waals surface area (Å²) in [6.07, 6.45) is 2.10. The first-order chi connectivity index (χ1) is 7.25. The van der Waals surface area contributed by atoms with E-state index >= 15 is 0 Å². The summed E-state index contributed by atoms with van der Waals surface area (Å²) in [4.78, 5) is 2.37. The lowest BCUT2D eigenvalue weighted by Crippen LogP contribution is -1.83. The van der Waals surface area contributed by atoms with Crippen LogP contribution in [0.2, 0.25) is 0 Å². The van der Waals surface area contributed by atoms with E-state index in [9.17, 15) is 0 Å². The van der Waals surface area contributed by atoms with Crippen molar-refractivity contribution in [3.63, 3.8) is 0 Å². The second kappa shape index (κ2) is 5.93. The van der Waals surface area contributed by atoms with E-state index in [1.165, 1.54) is 10.5 Å². The summed E-state index contributed by atoms with van der Waals surface area (Å²) in [5, 5.41) is 0. The van der Waals surface area contributed by atoms with Gasteiger partial charge in [0.05, 0.1) is 0 Å². The number of hydrogen-bond acceptors (Lipinski definition) is 3. The molecule has 0 unspecified atom stereocenters. The van der Waals surface area contributed by atoms with E-state index in [-0.39, 0.29) is 0 Å². The van der Waals surface area contributed by atoms with Crippen LogP contribution in [0.15, 0.2) is 41.8 Å². The normalized spacial score (nSPS) is 14.3. The van der Waals surface area contributed by atoms with Crippen molar-refractivity contribution in [2.45, 2.75) is 13.8 Å². The summed E-state index contributed by atoms with van der Waals surface area (Å²) >= 11 is 0. The molecule has 80 valence electrons. The topological polar surface area (TPSA) is 26.0 Å². The molecule has 2 N–H and O–H groups in total. The van der Waals surface area contributed by atoms with Crippen LogP contribution in [0.4, 0.5) is 5.69 Å². The van der Waals surface area contributed by atoms with Gasteiger partial charge < -0.3 is 5.73 Å². The third-order valence-electron chi connectivity index (χ3n) is 1.73. The Labute approximate surface area is 99.2 Å². The van der Waals surface area contributed by atoms with Gasteiger partial charge in [-0.05, 0) is 23.8 Å². The molecule has 1 aliphatic rings. The molecule has 3 heteroatoms. The van der Waals surface area contributed by atoms with Crippen LogP contribution in [0.25, 0.3) is 4.91 Å². The van der Waals surface area contributed by atoms with Gasteiger partial charge in [0.2, 0.25) is 0 Å². The van der Waals surface area contributed by atoms with Crippen LogP contribution in [0, 0.1) is 0 Å². The number of nitrogens with two attached hydrogens (primary N) is 1. The fourth-order valence-electron chi connectivity index (χ4n) is 1.07. The highest BCUT2D eigenvalue weighted by molar-refractivity contribution is 8.82. The molecule has 2 rings (SSSR count). The molecule has 0 aliphatic carbocycles. The Kier molecular flexibility index (Phi) is 4.85. The first-order valence-corrected chi connectivity index (χ1v) is 7.02. The zero-order valence-electron chi connectivity index (χ0n) is 8.99. The Balaban J connectivity index is 0.000000531. The molecular weight excluding hydrogens is 222 g/mol. The van der Waals surface area contributed by atoms with Gasteiger partial charge in [-0.1, -0.05) is 54.1 Å². The number of hydrogen-bond donors (Lipinski definition) is 1. The average Bonchev–Trinajstić information content (AvgIpc) is 2.69. The van der Waals surface area contributed by atoms with Crippen molar-refractivity contribution < 1.29 is 0 Å². The largest absolute Gasteiger partial charge is 0.399 e. The van der Waals surface area contributed by atoms with E-state index in [0.717, 1.165) is 10.6 Å². The van der Waals surface area contributed by atoms with Gasteiger partial charge in [-0.2, -0.15) is 0 Å². The minimum atomic E-state index is 0.804. The molecule has 1 heterocycles. The monoisotopic (exact) mass is 237 g/mol. The fraction of sp³-hybridized carbons (Fsp3) is 0.167. The molecular formula is C12H15NS2. The lowest BCUT2D eigenvalue weighted by atomic mass is 10.2. The van der Waals surface area contributed by atoms with E-state index in [2.05, 4.69) is 12.7 Å². The second-order valence-electron chi connectivity index (χ2n) is 2.76. The van der Waals surface area contributed by atoms with Crippen molar-refractivity contribution in [3.05, 3.63) is 47.4 Å². The van der Waals surface area contributed by atoms with Crippen LogP contribution < -0.4 is 5.73 Å². The zero-order valence-corrected chi connectivity index (χ0v) is 10.6. The first-order valence-electron chi connectivity index (χ1n) is 4.87. The van der Waals surface area contributed by atoms with Crippen molar-refractivity contribution in [3.8, 4) is 0 Å². The highest BCUT2D eigenvalue weighted by Crippen LogP contribution is 2.48. The van der Waals surface area contributed by atoms with Crippen LogP contribution >= 0.6 is 21.6 Å². The maximum absolute atomic E-state index is 5.60. The molecule has 1 aliphatic heterocycles. The zero-order chi connectivity index (χ0) is 11.3. The molecule has 1 aromatic carbocycles. The molecule has 0 radical (unpaired) electrons. The highest BCUT2D eigenvalue weighted by Gasteiger charge is 2.10. The predicted octanol–water partition coefficient (Wildman–Crippen LogP) is 4.54. The van der Waals surface area contributed by atoms with Crippen LogP contribution in [-0.2, 0) is 0 Å². The number of allylic oxidation sites excluding steroid dienone is 1. The predicted molar refractivity (Wildman–Crippen MR) is 74.5 cm³/mol. The Bertz CT molecular complexity index is 366. The Hall–Kier alpha value is -0.800. The van der Waals surface area contributed by atoms with Crippen LogP contribution in [0.3, 0.4) is 0 Å². The van der Waals surface area contributed by atoms with Gasteiger partial charge in [0.25, 0.3) is 0 Å². The van der Waals surface area contributed by atoms with Crippen molar-refractivity contribution >= 4 is 32.2 Å².